The molecule has 1 saturated carbocycles. The molecule has 2 amide bonds. The molecule has 1 aliphatic carbocycles. The van der Waals surface area contributed by atoms with Gasteiger partial charge < -0.3 is 15.7 Å². The second-order valence-corrected chi connectivity index (χ2v) is 5.61. The van der Waals surface area contributed by atoms with Crippen LogP contribution in [0.3, 0.4) is 0 Å². The number of amides is 2. The lowest BCUT2D eigenvalue weighted by Gasteiger charge is -2.38. The van der Waals surface area contributed by atoms with Gasteiger partial charge in [0.05, 0.1) is 0 Å². The summed E-state index contributed by atoms with van der Waals surface area (Å²) in [6.45, 7) is 6.53. The zero-order valence-electron chi connectivity index (χ0n) is 10.1. The van der Waals surface area contributed by atoms with Crippen LogP contribution in [0.5, 0.6) is 0 Å². The molecule has 0 spiro atoms. The lowest BCUT2D eigenvalue weighted by Crippen LogP contribution is -2.61. The van der Waals surface area contributed by atoms with Crippen molar-refractivity contribution >= 4 is 12.0 Å². The SMILES string of the molecule is CC(C)(C)CNC(=O)NC1(C(=O)O)CCC1. The fourth-order valence-electron chi connectivity index (χ4n) is 1.53. The minimum Gasteiger partial charge on any atom is -0.480 e. The molecule has 0 heterocycles. The van der Waals surface area contributed by atoms with Crippen LogP contribution in [-0.2, 0) is 4.79 Å². The maximum atomic E-state index is 11.5. The van der Waals surface area contributed by atoms with Crippen LogP contribution >= 0.6 is 0 Å². The van der Waals surface area contributed by atoms with Gasteiger partial charge in [-0.2, -0.15) is 0 Å². The van der Waals surface area contributed by atoms with Crippen LogP contribution in [0, 0.1) is 5.41 Å². The number of nitrogens with one attached hydrogen (secondary N) is 2. The Morgan fingerprint density at radius 2 is 1.88 bits per heavy atom. The molecule has 0 aromatic heterocycles. The van der Waals surface area contributed by atoms with Crippen LogP contribution in [0.1, 0.15) is 40.0 Å². The van der Waals surface area contributed by atoms with Crippen molar-refractivity contribution in [1.29, 1.82) is 0 Å². The first-order valence-electron chi connectivity index (χ1n) is 5.55. The molecular formula is C11H20N2O3. The number of carboxylic acids is 1. The lowest BCUT2D eigenvalue weighted by molar-refractivity contribution is -0.148. The van der Waals surface area contributed by atoms with Gasteiger partial charge >= 0.3 is 12.0 Å². The van der Waals surface area contributed by atoms with Crippen molar-refractivity contribution in [3.05, 3.63) is 0 Å². The smallest absolute Gasteiger partial charge is 0.329 e. The van der Waals surface area contributed by atoms with Gasteiger partial charge in [-0.3, -0.25) is 0 Å². The quantitative estimate of drug-likeness (QED) is 0.682. The predicted molar refractivity (Wildman–Crippen MR) is 60.2 cm³/mol. The highest BCUT2D eigenvalue weighted by molar-refractivity contribution is 5.87. The Morgan fingerprint density at radius 1 is 1.31 bits per heavy atom. The largest absolute Gasteiger partial charge is 0.480 e. The predicted octanol–water partition coefficient (Wildman–Crippen LogP) is 1.34. The highest BCUT2D eigenvalue weighted by atomic mass is 16.4. The molecule has 1 aliphatic rings. The minimum atomic E-state index is -1.03. The van der Waals surface area contributed by atoms with Gasteiger partial charge in [0, 0.05) is 6.54 Å². The van der Waals surface area contributed by atoms with Crippen molar-refractivity contribution in [2.45, 2.75) is 45.6 Å². The molecule has 0 atom stereocenters. The van der Waals surface area contributed by atoms with E-state index >= 15 is 0 Å². The van der Waals surface area contributed by atoms with Crippen LogP contribution < -0.4 is 10.6 Å². The first kappa shape index (κ1) is 12.8. The Morgan fingerprint density at radius 3 is 2.19 bits per heavy atom. The third-order valence-electron chi connectivity index (χ3n) is 2.75. The maximum Gasteiger partial charge on any atom is 0.329 e. The summed E-state index contributed by atoms with van der Waals surface area (Å²) in [5, 5.41) is 14.3. The van der Waals surface area contributed by atoms with Crippen LogP contribution in [0.4, 0.5) is 4.79 Å². The summed E-state index contributed by atoms with van der Waals surface area (Å²) in [4.78, 5) is 22.5. The first-order chi connectivity index (χ1) is 7.25. The van der Waals surface area contributed by atoms with E-state index in [9.17, 15) is 9.59 Å². The molecule has 5 heteroatoms. The molecule has 0 bridgehead atoms. The average molecular weight is 228 g/mol. The van der Waals surface area contributed by atoms with Crippen molar-refractivity contribution in [2.75, 3.05) is 6.54 Å². The number of urea groups is 1. The van der Waals surface area contributed by atoms with Crippen LogP contribution in [0.15, 0.2) is 0 Å². The van der Waals surface area contributed by atoms with E-state index in [2.05, 4.69) is 10.6 Å². The molecule has 0 aromatic carbocycles. The number of hydrogen-bond acceptors (Lipinski definition) is 2. The van der Waals surface area contributed by atoms with E-state index in [4.69, 9.17) is 5.11 Å². The second kappa shape index (κ2) is 4.31. The number of hydrogen-bond donors (Lipinski definition) is 3. The van der Waals surface area contributed by atoms with E-state index in [1.807, 2.05) is 20.8 Å². The third kappa shape index (κ3) is 3.12. The summed E-state index contributed by atoms with van der Waals surface area (Å²) < 4.78 is 0. The molecule has 0 saturated heterocycles. The Bertz CT molecular complexity index is 290. The van der Waals surface area contributed by atoms with Gasteiger partial charge in [0.1, 0.15) is 5.54 Å². The van der Waals surface area contributed by atoms with Gasteiger partial charge in [-0.25, -0.2) is 9.59 Å². The third-order valence-corrected chi connectivity index (χ3v) is 2.75. The lowest BCUT2D eigenvalue weighted by atomic mass is 9.77. The summed E-state index contributed by atoms with van der Waals surface area (Å²) in [6, 6.07) is -0.392. The van der Waals surface area contributed by atoms with E-state index in [1.165, 1.54) is 0 Å². The van der Waals surface area contributed by atoms with Crippen LogP contribution in [0.2, 0.25) is 0 Å². The number of aliphatic carboxylic acids is 1. The second-order valence-electron chi connectivity index (χ2n) is 5.61. The molecule has 3 N–H and O–H groups in total. The highest BCUT2D eigenvalue weighted by Gasteiger charge is 2.45. The standard InChI is InChI=1S/C11H20N2O3/c1-10(2,3)7-12-9(16)13-11(8(14)15)5-4-6-11/h4-7H2,1-3H3,(H,14,15)(H2,12,13,16). The number of carbonyl (C=O) groups is 2. The molecule has 0 unspecified atom stereocenters. The van der Waals surface area contributed by atoms with E-state index in [-0.39, 0.29) is 5.41 Å². The zero-order valence-corrected chi connectivity index (χ0v) is 10.1. The molecule has 0 radical (unpaired) electrons. The molecule has 0 aromatic rings. The topological polar surface area (TPSA) is 78.4 Å². The molecule has 16 heavy (non-hydrogen) atoms. The van der Waals surface area contributed by atoms with E-state index in [1.54, 1.807) is 0 Å². The monoisotopic (exact) mass is 228 g/mol. The Hall–Kier alpha value is -1.26. The number of rotatable bonds is 3. The van der Waals surface area contributed by atoms with Gasteiger partial charge in [-0.15, -0.1) is 0 Å². The van der Waals surface area contributed by atoms with Crippen molar-refractivity contribution in [2.24, 2.45) is 5.41 Å². The fraction of sp³-hybridized carbons (Fsp3) is 0.818. The average Bonchev–Trinajstić information content (AvgIpc) is 2.06. The minimum absolute atomic E-state index is 0.00661. The molecule has 1 rings (SSSR count). The van der Waals surface area contributed by atoms with Gasteiger partial charge in [0.15, 0.2) is 0 Å². The summed E-state index contributed by atoms with van der Waals surface area (Å²) in [5.74, 6) is -0.940. The first-order valence-corrected chi connectivity index (χ1v) is 5.55. The van der Waals surface area contributed by atoms with Crippen molar-refractivity contribution in [3.8, 4) is 0 Å². The van der Waals surface area contributed by atoms with Gasteiger partial charge in [0.25, 0.3) is 0 Å². The molecule has 92 valence electrons. The summed E-state index contributed by atoms with van der Waals surface area (Å²) in [7, 11) is 0. The number of carboxylic acid groups (broad SMARTS) is 1. The van der Waals surface area contributed by atoms with E-state index in [0.29, 0.717) is 19.4 Å². The molecular weight excluding hydrogens is 208 g/mol. The molecule has 0 aliphatic heterocycles. The van der Waals surface area contributed by atoms with Gasteiger partial charge in [0.2, 0.25) is 0 Å². The van der Waals surface area contributed by atoms with Gasteiger partial charge in [-0.1, -0.05) is 20.8 Å². The Kier molecular flexibility index (Phi) is 3.45. The van der Waals surface area contributed by atoms with E-state index in [0.717, 1.165) is 6.42 Å². The molecule has 1 fully saturated rings. The molecule has 5 nitrogen and oxygen atoms in total. The fourth-order valence-corrected chi connectivity index (χ4v) is 1.53. The van der Waals surface area contributed by atoms with Crippen molar-refractivity contribution in [1.82, 2.24) is 10.6 Å². The Balaban J connectivity index is 2.42. The number of carbonyl (C=O) groups excluding carboxylic acids is 1. The zero-order chi connectivity index (χ0) is 12.4. The summed E-state index contributed by atoms with van der Waals surface area (Å²) in [6.07, 6.45) is 1.89. The van der Waals surface area contributed by atoms with Crippen LogP contribution in [-0.4, -0.2) is 29.2 Å². The van der Waals surface area contributed by atoms with Crippen molar-refractivity contribution in [3.63, 3.8) is 0 Å². The van der Waals surface area contributed by atoms with Crippen molar-refractivity contribution < 1.29 is 14.7 Å². The highest BCUT2D eigenvalue weighted by Crippen LogP contribution is 2.31. The van der Waals surface area contributed by atoms with Gasteiger partial charge in [-0.05, 0) is 24.7 Å². The summed E-state index contributed by atoms with van der Waals surface area (Å²) in [5.41, 5.74) is -1.03. The normalized spacial score (nSPS) is 18.4. The maximum absolute atomic E-state index is 11.5. The Labute approximate surface area is 95.6 Å². The van der Waals surface area contributed by atoms with Crippen LogP contribution in [0.25, 0.3) is 0 Å². The summed E-state index contributed by atoms with van der Waals surface area (Å²) >= 11 is 0. The van der Waals surface area contributed by atoms with E-state index < -0.39 is 17.5 Å².